The molecule has 0 aromatic heterocycles. The number of benzene rings is 1. The Morgan fingerprint density at radius 1 is 1.31 bits per heavy atom. The Hall–Kier alpha value is -1.07. The van der Waals surface area contributed by atoms with Gasteiger partial charge >= 0.3 is 0 Å². The third-order valence-electron chi connectivity index (χ3n) is 1.82. The van der Waals surface area contributed by atoms with Crippen molar-refractivity contribution < 1.29 is 13.0 Å². The van der Waals surface area contributed by atoms with Crippen molar-refractivity contribution in [2.24, 2.45) is 0 Å². The van der Waals surface area contributed by atoms with E-state index in [2.05, 4.69) is 0 Å². The standard InChI is InChI=1S/C8H11NO3S/c1-5-3-7(9)6(2)8(4-5)13(10,11)12/h3-4H,9H2,1-2H3,(H,10,11,12). The molecule has 0 atom stereocenters. The molecule has 1 rings (SSSR count). The Bertz CT molecular complexity index is 437. The first-order valence-corrected chi connectivity index (χ1v) is 5.10. The van der Waals surface area contributed by atoms with Crippen molar-refractivity contribution in [3.05, 3.63) is 23.3 Å². The molecule has 0 spiro atoms. The van der Waals surface area contributed by atoms with Gasteiger partial charge in [0.05, 0.1) is 4.90 Å². The van der Waals surface area contributed by atoms with Crippen LogP contribution in [0, 0.1) is 13.8 Å². The van der Waals surface area contributed by atoms with Crippen LogP contribution in [0.5, 0.6) is 0 Å². The van der Waals surface area contributed by atoms with Crippen LogP contribution in [0.4, 0.5) is 5.69 Å². The van der Waals surface area contributed by atoms with Crippen molar-refractivity contribution in [3.63, 3.8) is 0 Å². The zero-order chi connectivity index (χ0) is 10.2. The van der Waals surface area contributed by atoms with E-state index in [9.17, 15) is 8.42 Å². The van der Waals surface area contributed by atoms with Crippen LogP contribution in [0.15, 0.2) is 17.0 Å². The smallest absolute Gasteiger partial charge is 0.294 e. The molecule has 1 aromatic carbocycles. The summed E-state index contributed by atoms with van der Waals surface area (Å²) in [5.74, 6) is 0. The predicted molar refractivity (Wildman–Crippen MR) is 50.1 cm³/mol. The zero-order valence-corrected chi connectivity index (χ0v) is 8.22. The van der Waals surface area contributed by atoms with Crippen LogP contribution in [0.1, 0.15) is 11.1 Å². The lowest BCUT2D eigenvalue weighted by atomic mass is 10.1. The van der Waals surface area contributed by atoms with Crippen molar-refractivity contribution in [1.29, 1.82) is 0 Å². The lowest BCUT2D eigenvalue weighted by Crippen LogP contribution is -2.04. The van der Waals surface area contributed by atoms with E-state index >= 15 is 0 Å². The number of nitrogens with two attached hydrogens (primary N) is 1. The number of nitrogen functional groups attached to an aromatic ring is 1. The fraction of sp³-hybridized carbons (Fsp3) is 0.250. The molecule has 1 aromatic rings. The quantitative estimate of drug-likeness (QED) is 0.527. The number of anilines is 1. The van der Waals surface area contributed by atoms with Crippen molar-refractivity contribution in [1.82, 2.24) is 0 Å². The average Bonchev–Trinajstić information content (AvgIpc) is 1.94. The number of hydrogen-bond donors (Lipinski definition) is 2. The van der Waals surface area contributed by atoms with Gasteiger partial charge in [-0.1, -0.05) is 0 Å². The van der Waals surface area contributed by atoms with Crippen molar-refractivity contribution in [2.75, 3.05) is 5.73 Å². The molecule has 0 amide bonds. The molecule has 13 heavy (non-hydrogen) atoms. The van der Waals surface area contributed by atoms with Gasteiger partial charge in [-0.15, -0.1) is 0 Å². The molecule has 0 radical (unpaired) electrons. The fourth-order valence-corrected chi connectivity index (χ4v) is 1.96. The third kappa shape index (κ3) is 1.99. The minimum absolute atomic E-state index is 0.120. The SMILES string of the molecule is Cc1cc(N)c(C)c(S(=O)(=O)O)c1. The van der Waals surface area contributed by atoms with Gasteiger partial charge in [0.25, 0.3) is 10.1 Å². The second-order valence-corrected chi connectivity index (χ2v) is 4.34. The molecule has 0 aliphatic heterocycles. The molecule has 0 fully saturated rings. The minimum Gasteiger partial charge on any atom is -0.398 e. The van der Waals surface area contributed by atoms with E-state index in [-0.39, 0.29) is 4.90 Å². The van der Waals surface area contributed by atoms with Crippen molar-refractivity contribution in [2.45, 2.75) is 18.7 Å². The maximum Gasteiger partial charge on any atom is 0.294 e. The van der Waals surface area contributed by atoms with E-state index in [1.165, 1.54) is 6.07 Å². The van der Waals surface area contributed by atoms with Gasteiger partial charge in [-0.05, 0) is 37.1 Å². The van der Waals surface area contributed by atoms with Gasteiger partial charge in [-0.2, -0.15) is 8.42 Å². The summed E-state index contributed by atoms with van der Waals surface area (Å²) in [6.45, 7) is 3.27. The Morgan fingerprint density at radius 3 is 2.31 bits per heavy atom. The molecule has 0 unspecified atom stereocenters. The largest absolute Gasteiger partial charge is 0.398 e. The number of rotatable bonds is 1. The van der Waals surface area contributed by atoms with Crippen LogP contribution in [-0.2, 0) is 10.1 Å². The van der Waals surface area contributed by atoms with E-state index in [0.717, 1.165) is 0 Å². The van der Waals surface area contributed by atoms with Crippen LogP contribution in [0.25, 0.3) is 0 Å². The molecule has 0 saturated carbocycles. The summed E-state index contributed by atoms with van der Waals surface area (Å²) < 4.78 is 30.6. The summed E-state index contributed by atoms with van der Waals surface area (Å²) in [7, 11) is -4.16. The first-order chi connectivity index (χ1) is 5.82. The lowest BCUT2D eigenvalue weighted by Gasteiger charge is -2.06. The van der Waals surface area contributed by atoms with Crippen LogP contribution in [0.3, 0.4) is 0 Å². The van der Waals surface area contributed by atoms with Gasteiger partial charge in [-0.3, -0.25) is 4.55 Å². The molecule has 0 bridgehead atoms. The van der Waals surface area contributed by atoms with Crippen LogP contribution in [-0.4, -0.2) is 13.0 Å². The first-order valence-electron chi connectivity index (χ1n) is 3.66. The van der Waals surface area contributed by atoms with Crippen LogP contribution < -0.4 is 5.73 Å². The normalized spacial score (nSPS) is 11.6. The Balaban J connectivity index is 3.56. The van der Waals surface area contributed by atoms with Gasteiger partial charge in [-0.25, -0.2) is 0 Å². The highest BCUT2D eigenvalue weighted by Gasteiger charge is 2.14. The number of hydrogen-bond acceptors (Lipinski definition) is 3. The molecule has 0 aliphatic carbocycles. The molecule has 0 aliphatic rings. The van der Waals surface area contributed by atoms with E-state index in [1.54, 1.807) is 19.9 Å². The van der Waals surface area contributed by atoms with Gasteiger partial charge in [0.1, 0.15) is 0 Å². The minimum atomic E-state index is -4.16. The second-order valence-electron chi connectivity index (χ2n) is 2.95. The van der Waals surface area contributed by atoms with E-state index in [0.29, 0.717) is 16.8 Å². The highest BCUT2D eigenvalue weighted by molar-refractivity contribution is 7.85. The molecule has 0 saturated heterocycles. The maximum absolute atomic E-state index is 10.9. The maximum atomic E-state index is 10.9. The predicted octanol–water partition coefficient (Wildman–Crippen LogP) is 1.13. The third-order valence-corrected chi connectivity index (χ3v) is 2.80. The highest BCUT2D eigenvalue weighted by Crippen LogP contribution is 2.22. The Kier molecular flexibility index (Phi) is 2.32. The average molecular weight is 201 g/mol. The lowest BCUT2D eigenvalue weighted by molar-refractivity contribution is 0.482. The van der Waals surface area contributed by atoms with E-state index < -0.39 is 10.1 Å². The summed E-state index contributed by atoms with van der Waals surface area (Å²) in [5.41, 5.74) is 7.00. The summed E-state index contributed by atoms with van der Waals surface area (Å²) in [4.78, 5) is -0.120. The summed E-state index contributed by atoms with van der Waals surface area (Å²) >= 11 is 0. The molecule has 5 heteroatoms. The molecular formula is C8H11NO3S. The van der Waals surface area contributed by atoms with Crippen molar-refractivity contribution >= 4 is 15.8 Å². The first kappa shape index (κ1) is 10.0. The van der Waals surface area contributed by atoms with Gasteiger partial charge in [0, 0.05) is 5.69 Å². The van der Waals surface area contributed by atoms with Crippen LogP contribution >= 0.6 is 0 Å². The molecular weight excluding hydrogens is 190 g/mol. The molecule has 0 heterocycles. The highest BCUT2D eigenvalue weighted by atomic mass is 32.2. The monoisotopic (exact) mass is 201 g/mol. The Morgan fingerprint density at radius 2 is 1.85 bits per heavy atom. The summed E-state index contributed by atoms with van der Waals surface area (Å²) in [6, 6.07) is 3.05. The van der Waals surface area contributed by atoms with E-state index in [4.69, 9.17) is 10.3 Å². The molecule has 72 valence electrons. The molecule has 4 nitrogen and oxygen atoms in total. The summed E-state index contributed by atoms with van der Waals surface area (Å²) in [5, 5.41) is 0. The zero-order valence-electron chi connectivity index (χ0n) is 7.40. The molecule has 3 N–H and O–H groups in total. The summed E-state index contributed by atoms with van der Waals surface area (Å²) in [6.07, 6.45) is 0. The van der Waals surface area contributed by atoms with Crippen LogP contribution in [0.2, 0.25) is 0 Å². The topological polar surface area (TPSA) is 80.4 Å². The van der Waals surface area contributed by atoms with Gasteiger partial charge < -0.3 is 5.73 Å². The van der Waals surface area contributed by atoms with Crippen molar-refractivity contribution in [3.8, 4) is 0 Å². The van der Waals surface area contributed by atoms with Gasteiger partial charge in [0.2, 0.25) is 0 Å². The van der Waals surface area contributed by atoms with E-state index in [1.807, 2.05) is 0 Å². The van der Waals surface area contributed by atoms with Gasteiger partial charge in [0.15, 0.2) is 0 Å². The Labute approximate surface area is 77.1 Å². The number of aryl methyl sites for hydroxylation is 1. The fourth-order valence-electron chi connectivity index (χ4n) is 1.12. The second kappa shape index (κ2) is 3.01.